The van der Waals surface area contributed by atoms with Gasteiger partial charge in [-0.05, 0) is 56.5 Å². The minimum atomic E-state index is -0.331. The lowest BCUT2D eigenvalue weighted by Gasteiger charge is -2.29. The second kappa shape index (κ2) is 7.83. The number of anilines is 3. The van der Waals surface area contributed by atoms with Crippen molar-refractivity contribution in [3.63, 3.8) is 0 Å². The van der Waals surface area contributed by atoms with Crippen LogP contribution in [-0.2, 0) is 6.42 Å². The van der Waals surface area contributed by atoms with Gasteiger partial charge < -0.3 is 10.2 Å². The first kappa shape index (κ1) is 18.8. The summed E-state index contributed by atoms with van der Waals surface area (Å²) in [4.78, 5) is 35.6. The number of hydrogen-bond acceptors (Lipinski definition) is 5. The molecular weight excluding hydrogens is 364 g/mol. The van der Waals surface area contributed by atoms with Crippen molar-refractivity contribution in [1.82, 2.24) is 9.97 Å². The van der Waals surface area contributed by atoms with Crippen LogP contribution in [0.25, 0.3) is 0 Å². The van der Waals surface area contributed by atoms with E-state index in [4.69, 9.17) is 0 Å². The number of aryl methyl sites for hydroxylation is 2. The molecule has 4 rings (SSSR count). The SMILES string of the molecule is CC(=O)c1cccc(NC(=O)c2cc(C)nc(N3CCCc4ccccc43)n2)c1. The number of carbonyl (C=O) groups excluding carboxylic acids is 2. The van der Waals surface area contributed by atoms with Gasteiger partial charge in [-0.3, -0.25) is 9.59 Å². The molecule has 3 aromatic rings. The fourth-order valence-electron chi connectivity index (χ4n) is 3.54. The van der Waals surface area contributed by atoms with E-state index < -0.39 is 0 Å². The fourth-order valence-corrected chi connectivity index (χ4v) is 3.54. The van der Waals surface area contributed by atoms with Crippen molar-refractivity contribution in [2.75, 3.05) is 16.8 Å². The third-order valence-corrected chi connectivity index (χ3v) is 4.95. The van der Waals surface area contributed by atoms with Gasteiger partial charge in [0.05, 0.1) is 0 Å². The van der Waals surface area contributed by atoms with E-state index in [1.165, 1.54) is 12.5 Å². The highest BCUT2D eigenvalue weighted by atomic mass is 16.2. The molecule has 29 heavy (non-hydrogen) atoms. The molecule has 146 valence electrons. The van der Waals surface area contributed by atoms with E-state index >= 15 is 0 Å². The van der Waals surface area contributed by atoms with Crippen LogP contribution in [0, 0.1) is 6.92 Å². The smallest absolute Gasteiger partial charge is 0.274 e. The summed E-state index contributed by atoms with van der Waals surface area (Å²) in [5, 5.41) is 2.83. The number of Topliss-reactive ketones (excluding diaryl/α,β-unsaturated/α-hetero) is 1. The monoisotopic (exact) mass is 386 g/mol. The Balaban J connectivity index is 1.63. The van der Waals surface area contributed by atoms with Crippen molar-refractivity contribution >= 4 is 29.0 Å². The Hall–Kier alpha value is -3.54. The van der Waals surface area contributed by atoms with Gasteiger partial charge in [-0.15, -0.1) is 0 Å². The topological polar surface area (TPSA) is 75.2 Å². The van der Waals surface area contributed by atoms with Crippen molar-refractivity contribution in [1.29, 1.82) is 0 Å². The zero-order chi connectivity index (χ0) is 20.4. The molecule has 2 heterocycles. The number of carbonyl (C=O) groups is 2. The van der Waals surface area contributed by atoms with Crippen LogP contribution in [0.4, 0.5) is 17.3 Å². The molecule has 0 saturated carbocycles. The Morgan fingerprint density at radius 1 is 1.03 bits per heavy atom. The maximum atomic E-state index is 12.8. The molecule has 6 heteroatoms. The normalized spacial score (nSPS) is 13.0. The molecule has 0 spiro atoms. The van der Waals surface area contributed by atoms with Crippen molar-refractivity contribution in [3.8, 4) is 0 Å². The Labute approximate surface area is 169 Å². The lowest BCUT2D eigenvalue weighted by molar-refractivity contribution is 0.100. The number of para-hydroxylation sites is 1. The molecule has 1 N–H and O–H groups in total. The second-order valence-electron chi connectivity index (χ2n) is 7.17. The minimum absolute atomic E-state index is 0.0509. The summed E-state index contributed by atoms with van der Waals surface area (Å²) < 4.78 is 0. The summed E-state index contributed by atoms with van der Waals surface area (Å²) in [7, 11) is 0. The van der Waals surface area contributed by atoms with Gasteiger partial charge >= 0.3 is 0 Å². The number of nitrogens with one attached hydrogen (secondary N) is 1. The van der Waals surface area contributed by atoms with E-state index in [0.717, 1.165) is 30.8 Å². The Bertz CT molecular complexity index is 1090. The third-order valence-electron chi connectivity index (χ3n) is 4.95. The second-order valence-corrected chi connectivity index (χ2v) is 7.17. The number of ketones is 1. The van der Waals surface area contributed by atoms with E-state index in [9.17, 15) is 9.59 Å². The van der Waals surface area contributed by atoms with Crippen LogP contribution in [0.2, 0.25) is 0 Å². The Morgan fingerprint density at radius 2 is 1.86 bits per heavy atom. The molecule has 1 aromatic heterocycles. The largest absolute Gasteiger partial charge is 0.321 e. The van der Waals surface area contributed by atoms with Crippen molar-refractivity contribution in [2.24, 2.45) is 0 Å². The van der Waals surface area contributed by atoms with Crippen LogP contribution >= 0.6 is 0 Å². The Kier molecular flexibility index (Phi) is 5.08. The molecule has 0 bridgehead atoms. The molecule has 6 nitrogen and oxygen atoms in total. The maximum Gasteiger partial charge on any atom is 0.274 e. The predicted octanol–water partition coefficient (Wildman–Crippen LogP) is 4.32. The zero-order valence-electron chi connectivity index (χ0n) is 16.5. The van der Waals surface area contributed by atoms with Gasteiger partial charge in [0.1, 0.15) is 5.69 Å². The van der Waals surface area contributed by atoms with Gasteiger partial charge in [-0.1, -0.05) is 30.3 Å². The molecule has 0 unspecified atom stereocenters. The molecule has 0 aliphatic carbocycles. The first-order chi connectivity index (χ1) is 14.0. The van der Waals surface area contributed by atoms with E-state index in [2.05, 4.69) is 32.3 Å². The molecule has 0 radical (unpaired) electrons. The summed E-state index contributed by atoms with van der Waals surface area (Å²) in [6.45, 7) is 4.16. The number of aromatic nitrogens is 2. The highest BCUT2D eigenvalue weighted by Crippen LogP contribution is 2.31. The summed E-state index contributed by atoms with van der Waals surface area (Å²) in [6.07, 6.45) is 2.03. The maximum absolute atomic E-state index is 12.8. The van der Waals surface area contributed by atoms with Crippen molar-refractivity contribution < 1.29 is 9.59 Å². The van der Waals surface area contributed by atoms with Crippen LogP contribution < -0.4 is 10.2 Å². The number of hydrogen-bond donors (Lipinski definition) is 1. The molecule has 1 amide bonds. The van der Waals surface area contributed by atoms with Gasteiger partial charge in [-0.25, -0.2) is 9.97 Å². The molecule has 1 aliphatic heterocycles. The van der Waals surface area contributed by atoms with Crippen LogP contribution in [0.15, 0.2) is 54.6 Å². The fraction of sp³-hybridized carbons (Fsp3) is 0.217. The average Bonchev–Trinajstić information content (AvgIpc) is 2.73. The molecular formula is C23H22N4O2. The number of amides is 1. The predicted molar refractivity (Wildman–Crippen MR) is 113 cm³/mol. The Morgan fingerprint density at radius 3 is 2.69 bits per heavy atom. The average molecular weight is 386 g/mol. The van der Waals surface area contributed by atoms with E-state index in [0.29, 0.717) is 22.9 Å². The highest BCUT2D eigenvalue weighted by molar-refractivity contribution is 6.04. The number of rotatable bonds is 4. The van der Waals surface area contributed by atoms with E-state index in [1.807, 2.05) is 19.1 Å². The van der Waals surface area contributed by atoms with Gasteiger partial charge in [0.15, 0.2) is 5.78 Å². The highest BCUT2D eigenvalue weighted by Gasteiger charge is 2.21. The lowest BCUT2D eigenvalue weighted by atomic mass is 10.0. The molecule has 1 aliphatic rings. The summed E-state index contributed by atoms with van der Waals surface area (Å²) >= 11 is 0. The first-order valence-corrected chi connectivity index (χ1v) is 9.65. The van der Waals surface area contributed by atoms with Crippen LogP contribution in [0.1, 0.15) is 45.4 Å². The lowest BCUT2D eigenvalue weighted by Crippen LogP contribution is -2.27. The summed E-state index contributed by atoms with van der Waals surface area (Å²) in [6, 6.07) is 16.8. The van der Waals surface area contributed by atoms with Crippen molar-refractivity contribution in [2.45, 2.75) is 26.7 Å². The minimum Gasteiger partial charge on any atom is -0.321 e. The molecule has 0 atom stereocenters. The molecule has 0 saturated heterocycles. The van der Waals surface area contributed by atoms with Crippen molar-refractivity contribution in [3.05, 3.63) is 77.1 Å². The summed E-state index contributed by atoms with van der Waals surface area (Å²) in [5.74, 6) is 0.146. The third kappa shape index (κ3) is 4.01. The molecule has 0 fully saturated rings. The van der Waals surface area contributed by atoms with Gasteiger partial charge in [0.25, 0.3) is 5.91 Å². The van der Waals surface area contributed by atoms with Crippen LogP contribution in [-0.4, -0.2) is 28.2 Å². The van der Waals surface area contributed by atoms with E-state index in [1.54, 1.807) is 30.3 Å². The zero-order valence-corrected chi connectivity index (χ0v) is 16.5. The number of fused-ring (bicyclic) bond motifs is 1. The van der Waals surface area contributed by atoms with Gasteiger partial charge in [0.2, 0.25) is 5.95 Å². The van der Waals surface area contributed by atoms with Gasteiger partial charge in [-0.2, -0.15) is 0 Å². The van der Waals surface area contributed by atoms with E-state index in [-0.39, 0.29) is 11.7 Å². The molecule has 2 aromatic carbocycles. The van der Waals surface area contributed by atoms with Crippen LogP contribution in [0.5, 0.6) is 0 Å². The summed E-state index contributed by atoms with van der Waals surface area (Å²) in [5.41, 5.74) is 4.47. The standard InChI is InChI=1S/C23H22N4O2/c1-15-13-20(22(29)25-19-10-5-8-18(14-19)16(2)28)26-23(24-15)27-12-6-9-17-7-3-4-11-21(17)27/h3-5,7-8,10-11,13-14H,6,9,12H2,1-2H3,(H,25,29). The number of benzene rings is 2. The van der Waals surface area contributed by atoms with Gasteiger partial charge in [0, 0.05) is 29.2 Å². The van der Waals surface area contributed by atoms with Crippen LogP contribution in [0.3, 0.4) is 0 Å². The first-order valence-electron chi connectivity index (χ1n) is 9.65. The number of nitrogens with zero attached hydrogens (tertiary/aromatic N) is 3. The quantitative estimate of drug-likeness (QED) is 0.676.